The Kier molecular flexibility index (Phi) is 3.15. The van der Waals surface area contributed by atoms with Crippen molar-refractivity contribution in [3.63, 3.8) is 0 Å². The van der Waals surface area contributed by atoms with Gasteiger partial charge in [-0.3, -0.25) is 4.79 Å². The molecular weight excluding hydrogens is 246 g/mol. The van der Waals surface area contributed by atoms with Gasteiger partial charge in [0.2, 0.25) is 0 Å². The van der Waals surface area contributed by atoms with Gasteiger partial charge in [-0.1, -0.05) is 42.5 Å². The molecule has 0 atom stereocenters. The highest BCUT2D eigenvalue weighted by molar-refractivity contribution is 6.03. The minimum absolute atomic E-state index is 0.794. The summed E-state index contributed by atoms with van der Waals surface area (Å²) in [4.78, 5) is 13.7. The fourth-order valence-electron chi connectivity index (χ4n) is 2.71. The number of rotatable bonds is 3. The lowest BCUT2D eigenvalue weighted by molar-refractivity contribution is 0.112. The second-order valence-corrected chi connectivity index (χ2v) is 5.26. The first-order valence-corrected chi connectivity index (χ1v) is 6.76. The summed E-state index contributed by atoms with van der Waals surface area (Å²) in [5, 5.41) is 2.14. The smallest absolute Gasteiger partial charge is 0.151 e. The van der Waals surface area contributed by atoms with Crippen LogP contribution in [-0.2, 0) is 0 Å². The maximum absolute atomic E-state index is 11.6. The van der Waals surface area contributed by atoms with Crippen LogP contribution in [0, 0.1) is 0 Å². The molecule has 0 aromatic heterocycles. The third kappa shape index (κ3) is 2.03. The molecule has 0 saturated carbocycles. The Bertz CT molecular complexity index is 738. The lowest BCUT2D eigenvalue weighted by Gasteiger charge is -2.11. The number of carbonyl (C=O) groups is 1. The molecular formula is C18H17NO. The number of likely N-dealkylation sites (N-methyl/N-ethyl adjacent to an activating group) is 1. The van der Waals surface area contributed by atoms with Crippen LogP contribution in [0.1, 0.15) is 22.3 Å². The van der Waals surface area contributed by atoms with E-state index in [1.54, 1.807) is 0 Å². The zero-order valence-electron chi connectivity index (χ0n) is 11.8. The molecule has 1 aliphatic rings. The van der Waals surface area contributed by atoms with Crippen LogP contribution in [0.4, 0.5) is 0 Å². The normalized spacial score (nSPS) is 14.1. The van der Waals surface area contributed by atoms with E-state index in [0.717, 1.165) is 34.6 Å². The number of aldehydes is 1. The van der Waals surface area contributed by atoms with Crippen molar-refractivity contribution in [3.05, 3.63) is 65.4 Å². The summed E-state index contributed by atoms with van der Waals surface area (Å²) in [6, 6.07) is 12.2. The van der Waals surface area contributed by atoms with Gasteiger partial charge in [0.25, 0.3) is 0 Å². The quantitative estimate of drug-likeness (QED) is 0.783. The molecule has 0 spiro atoms. The molecule has 0 fully saturated rings. The first-order valence-electron chi connectivity index (χ1n) is 6.76. The molecule has 0 unspecified atom stereocenters. The lowest BCUT2D eigenvalue weighted by Crippen LogP contribution is -2.07. The molecule has 0 heterocycles. The van der Waals surface area contributed by atoms with Gasteiger partial charge in [0.15, 0.2) is 6.29 Å². The van der Waals surface area contributed by atoms with E-state index >= 15 is 0 Å². The molecule has 0 saturated heterocycles. The van der Waals surface area contributed by atoms with Crippen molar-refractivity contribution >= 4 is 22.6 Å². The third-order valence-electron chi connectivity index (χ3n) is 3.80. The van der Waals surface area contributed by atoms with Crippen LogP contribution in [0.25, 0.3) is 16.3 Å². The molecule has 2 aromatic carbocycles. The molecule has 3 rings (SSSR count). The van der Waals surface area contributed by atoms with Crippen molar-refractivity contribution in [1.29, 1.82) is 0 Å². The number of nitrogens with zero attached hydrogens (tertiary/aromatic N) is 1. The SMILES string of the molecule is CN(C)C1=CCC(c2ccc3ccccc3c2C=O)=C1. The van der Waals surface area contributed by atoms with Crippen molar-refractivity contribution < 1.29 is 4.79 Å². The van der Waals surface area contributed by atoms with Crippen LogP contribution in [0.3, 0.4) is 0 Å². The Morgan fingerprint density at radius 2 is 1.90 bits per heavy atom. The molecule has 0 aliphatic heterocycles. The molecule has 0 amide bonds. The van der Waals surface area contributed by atoms with Crippen LogP contribution in [0.2, 0.25) is 0 Å². The Morgan fingerprint density at radius 1 is 1.10 bits per heavy atom. The van der Waals surface area contributed by atoms with Crippen molar-refractivity contribution in [2.75, 3.05) is 14.1 Å². The molecule has 0 radical (unpaired) electrons. The highest BCUT2D eigenvalue weighted by Gasteiger charge is 2.14. The monoisotopic (exact) mass is 263 g/mol. The van der Waals surface area contributed by atoms with E-state index in [1.807, 2.05) is 38.4 Å². The molecule has 0 N–H and O–H groups in total. The van der Waals surface area contributed by atoms with Gasteiger partial charge in [0.1, 0.15) is 0 Å². The molecule has 2 nitrogen and oxygen atoms in total. The summed E-state index contributed by atoms with van der Waals surface area (Å²) in [5.74, 6) is 0. The Morgan fingerprint density at radius 3 is 2.60 bits per heavy atom. The standard InChI is InChI=1S/C18H17NO/c1-19(2)15-9-7-14(11-15)17-10-8-13-5-3-4-6-16(13)18(17)12-20/h3-6,8-12H,7H2,1-2H3. The van der Waals surface area contributed by atoms with Gasteiger partial charge in [0, 0.05) is 25.4 Å². The van der Waals surface area contributed by atoms with Gasteiger partial charge in [-0.15, -0.1) is 0 Å². The van der Waals surface area contributed by atoms with Crippen LogP contribution < -0.4 is 0 Å². The number of allylic oxidation sites excluding steroid dienone is 3. The number of hydrogen-bond acceptors (Lipinski definition) is 2. The van der Waals surface area contributed by atoms with Crippen molar-refractivity contribution in [3.8, 4) is 0 Å². The van der Waals surface area contributed by atoms with Crippen molar-refractivity contribution in [1.82, 2.24) is 4.90 Å². The average molecular weight is 263 g/mol. The van der Waals surface area contributed by atoms with Gasteiger partial charge in [-0.2, -0.15) is 0 Å². The van der Waals surface area contributed by atoms with Gasteiger partial charge >= 0.3 is 0 Å². The molecule has 1 aliphatic carbocycles. The zero-order valence-corrected chi connectivity index (χ0v) is 11.8. The summed E-state index contributed by atoms with van der Waals surface area (Å²) in [5.41, 5.74) is 4.25. The number of fused-ring (bicyclic) bond motifs is 1. The van der Waals surface area contributed by atoms with Gasteiger partial charge in [-0.25, -0.2) is 0 Å². The summed E-state index contributed by atoms with van der Waals surface area (Å²) in [6.45, 7) is 0. The van der Waals surface area contributed by atoms with Crippen molar-refractivity contribution in [2.45, 2.75) is 6.42 Å². The minimum Gasteiger partial charge on any atom is -0.378 e. The second kappa shape index (κ2) is 4.97. The van der Waals surface area contributed by atoms with E-state index in [2.05, 4.69) is 29.2 Å². The first kappa shape index (κ1) is 12.7. The highest BCUT2D eigenvalue weighted by Crippen LogP contribution is 2.32. The Labute approximate surface area is 119 Å². The molecule has 100 valence electrons. The minimum atomic E-state index is 0.794. The topological polar surface area (TPSA) is 20.3 Å². The Balaban J connectivity index is 2.14. The fourth-order valence-corrected chi connectivity index (χ4v) is 2.71. The maximum Gasteiger partial charge on any atom is 0.151 e. The number of hydrogen-bond donors (Lipinski definition) is 0. The molecule has 2 aromatic rings. The third-order valence-corrected chi connectivity index (χ3v) is 3.80. The van der Waals surface area contributed by atoms with Crippen molar-refractivity contribution in [2.24, 2.45) is 0 Å². The highest BCUT2D eigenvalue weighted by atomic mass is 16.1. The van der Waals surface area contributed by atoms with Gasteiger partial charge in [0.05, 0.1) is 0 Å². The van der Waals surface area contributed by atoms with E-state index in [1.165, 1.54) is 11.3 Å². The predicted molar refractivity (Wildman–Crippen MR) is 83.7 cm³/mol. The van der Waals surface area contributed by atoms with E-state index in [9.17, 15) is 4.79 Å². The predicted octanol–water partition coefficient (Wildman–Crippen LogP) is 3.88. The fraction of sp³-hybridized carbons (Fsp3) is 0.167. The lowest BCUT2D eigenvalue weighted by atomic mass is 9.94. The van der Waals surface area contributed by atoms with E-state index in [0.29, 0.717) is 0 Å². The number of carbonyl (C=O) groups excluding carboxylic acids is 1. The molecule has 2 heteroatoms. The van der Waals surface area contributed by atoms with E-state index in [4.69, 9.17) is 0 Å². The van der Waals surface area contributed by atoms with Gasteiger partial charge in [-0.05, 0) is 34.4 Å². The average Bonchev–Trinajstić information content (AvgIpc) is 2.95. The molecule has 20 heavy (non-hydrogen) atoms. The van der Waals surface area contributed by atoms with Gasteiger partial charge < -0.3 is 4.90 Å². The second-order valence-electron chi connectivity index (χ2n) is 5.26. The van der Waals surface area contributed by atoms with Crippen LogP contribution in [0.5, 0.6) is 0 Å². The summed E-state index contributed by atoms with van der Waals surface area (Å²) < 4.78 is 0. The molecule has 0 bridgehead atoms. The summed E-state index contributed by atoms with van der Waals surface area (Å²) in [7, 11) is 4.07. The van der Waals surface area contributed by atoms with Crippen LogP contribution in [0.15, 0.2) is 54.2 Å². The Hall–Kier alpha value is -2.35. The summed E-state index contributed by atoms with van der Waals surface area (Å²) >= 11 is 0. The maximum atomic E-state index is 11.6. The van der Waals surface area contributed by atoms with Crippen LogP contribution >= 0.6 is 0 Å². The summed E-state index contributed by atoms with van der Waals surface area (Å²) in [6.07, 6.45) is 6.22. The first-order chi connectivity index (χ1) is 9.70. The number of benzene rings is 2. The largest absolute Gasteiger partial charge is 0.378 e. The van der Waals surface area contributed by atoms with Crippen LogP contribution in [-0.4, -0.2) is 25.3 Å². The van der Waals surface area contributed by atoms with E-state index in [-0.39, 0.29) is 0 Å². The zero-order chi connectivity index (χ0) is 14.1. The van der Waals surface area contributed by atoms with E-state index < -0.39 is 0 Å².